The lowest BCUT2D eigenvalue weighted by molar-refractivity contribution is -0.0505. The van der Waals surface area contributed by atoms with Gasteiger partial charge in [0.2, 0.25) is 0 Å². The number of hydrogen-bond acceptors (Lipinski definition) is 3. The molecule has 2 N–H and O–H groups in total. The highest BCUT2D eigenvalue weighted by molar-refractivity contribution is 9.10. The molecule has 2 atom stereocenters. The van der Waals surface area contributed by atoms with E-state index in [2.05, 4.69) is 26.0 Å². The van der Waals surface area contributed by atoms with Gasteiger partial charge in [0, 0.05) is 22.6 Å². The van der Waals surface area contributed by atoms with Crippen LogP contribution in [0.3, 0.4) is 0 Å². The molecule has 0 saturated carbocycles. The maximum Gasteiger partial charge on any atom is 0.387 e. The molecular weight excluding hydrogens is 320 g/mol. The van der Waals surface area contributed by atoms with Gasteiger partial charge < -0.3 is 15.2 Å². The second kappa shape index (κ2) is 7.77. The van der Waals surface area contributed by atoms with Crippen molar-refractivity contribution in [2.45, 2.75) is 45.6 Å². The number of hydrogen-bond donors (Lipinski definition) is 2. The summed E-state index contributed by atoms with van der Waals surface area (Å²) in [5, 5.41) is 12.4. The quantitative estimate of drug-likeness (QED) is 0.802. The van der Waals surface area contributed by atoms with E-state index in [4.69, 9.17) is 0 Å². The fourth-order valence-corrected chi connectivity index (χ4v) is 2.18. The fourth-order valence-electron chi connectivity index (χ4n) is 1.78. The van der Waals surface area contributed by atoms with Gasteiger partial charge in [-0.3, -0.25) is 0 Å². The van der Waals surface area contributed by atoms with E-state index in [1.807, 2.05) is 6.92 Å². The van der Waals surface area contributed by atoms with Crippen LogP contribution < -0.4 is 10.1 Å². The van der Waals surface area contributed by atoms with Crippen molar-refractivity contribution >= 4 is 15.9 Å². The number of benzene rings is 1. The number of rotatable bonds is 7. The molecule has 1 rings (SSSR count). The van der Waals surface area contributed by atoms with Crippen molar-refractivity contribution in [1.82, 2.24) is 5.32 Å². The van der Waals surface area contributed by atoms with Gasteiger partial charge in [0.25, 0.3) is 0 Å². The summed E-state index contributed by atoms with van der Waals surface area (Å²) in [7, 11) is 0. The SMILES string of the molecule is CC(O)CC(C)NCc1cc(Br)ccc1OC(F)F. The molecule has 0 aliphatic rings. The first-order chi connectivity index (χ1) is 8.88. The van der Waals surface area contributed by atoms with E-state index >= 15 is 0 Å². The van der Waals surface area contributed by atoms with Crippen molar-refractivity contribution < 1.29 is 18.6 Å². The second-order valence-electron chi connectivity index (χ2n) is 4.50. The van der Waals surface area contributed by atoms with Crippen molar-refractivity contribution in [3.05, 3.63) is 28.2 Å². The molecule has 3 nitrogen and oxygen atoms in total. The number of ether oxygens (including phenoxy) is 1. The van der Waals surface area contributed by atoms with Gasteiger partial charge in [-0.2, -0.15) is 8.78 Å². The van der Waals surface area contributed by atoms with E-state index in [1.165, 1.54) is 6.07 Å². The van der Waals surface area contributed by atoms with Gasteiger partial charge in [0.15, 0.2) is 0 Å². The topological polar surface area (TPSA) is 41.5 Å². The van der Waals surface area contributed by atoms with E-state index in [0.717, 1.165) is 4.47 Å². The van der Waals surface area contributed by atoms with Crippen molar-refractivity contribution in [3.63, 3.8) is 0 Å². The molecule has 0 aliphatic carbocycles. The third kappa shape index (κ3) is 6.31. The zero-order chi connectivity index (χ0) is 14.4. The van der Waals surface area contributed by atoms with E-state index in [1.54, 1.807) is 19.1 Å². The highest BCUT2D eigenvalue weighted by Crippen LogP contribution is 2.24. The monoisotopic (exact) mass is 337 g/mol. The standard InChI is InChI=1S/C13H18BrF2NO2/c1-8(5-9(2)18)17-7-10-6-11(14)3-4-12(10)19-13(15)16/h3-4,6,8-9,13,17-18H,5,7H2,1-2H3. The highest BCUT2D eigenvalue weighted by atomic mass is 79.9. The fraction of sp³-hybridized carbons (Fsp3) is 0.538. The molecule has 1 aromatic rings. The molecule has 0 radical (unpaired) electrons. The van der Waals surface area contributed by atoms with Crippen molar-refractivity contribution in [1.29, 1.82) is 0 Å². The number of nitrogens with one attached hydrogen (secondary N) is 1. The zero-order valence-electron chi connectivity index (χ0n) is 10.9. The van der Waals surface area contributed by atoms with Gasteiger partial charge >= 0.3 is 6.61 Å². The Hall–Kier alpha value is -0.720. The van der Waals surface area contributed by atoms with Gasteiger partial charge in [-0.25, -0.2) is 0 Å². The van der Waals surface area contributed by atoms with E-state index < -0.39 is 12.7 Å². The van der Waals surface area contributed by atoms with Gasteiger partial charge in [-0.1, -0.05) is 15.9 Å². The summed E-state index contributed by atoms with van der Waals surface area (Å²) >= 11 is 3.30. The van der Waals surface area contributed by atoms with Crippen LogP contribution in [-0.4, -0.2) is 23.9 Å². The summed E-state index contributed by atoms with van der Waals surface area (Å²) in [5.41, 5.74) is 0.645. The van der Waals surface area contributed by atoms with Crippen molar-refractivity contribution in [2.75, 3.05) is 0 Å². The van der Waals surface area contributed by atoms with Crippen LogP contribution in [0.4, 0.5) is 8.78 Å². The predicted molar refractivity (Wildman–Crippen MR) is 73.4 cm³/mol. The van der Waals surface area contributed by atoms with Gasteiger partial charge in [-0.15, -0.1) is 0 Å². The van der Waals surface area contributed by atoms with Crippen LogP contribution in [0.5, 0.6) is 5.75 Å². The normalized spacial score (nSPS) is 14.5. The Morgan fingerprint density at radius 3 is 2.63 bits per heavy atom. The smallest absolute Gasteiger partial charge is 0.387 e. The van der Waals surface area contributed by atoms with Crippen LogP contribution in [0.1, 0.15) is 25.8 Å². The van der Waals surface area contributed by atoms with Crippen LogP contribution in [0.15, 0.2) is 22.7 Å². The molecule has 6 heteroatoms. The van der Waals surface area contributed by atoms with Gasteiger partial charge in [0.05, 0.1) is 6.10 Å². The minimum atomic E-state index is -2.84. The van der Waals surface area contributed by atoms with Crippen molar-refractivity contribution in [3.8, 4) is 5.75 Å². The first-order valence-electron chi connectivity index (χ1n) is 6.03. The molecule has 0 fully saturated rings. The summed E-state index contributed by atoms with van der Waals surface area (Å²) < 4.78 is 29.8. The average Bonchev–Trinajstić information content (AvgIpc) is 2.28. The Morgan fingerprint density at radius 1 is 1.37 bits per heavy atom. The van der Waals surface area contributed by atoms with Crippen LogP contribution in [0, 0.1) is 0 Å². The number of aliphatic hydroxyl groups excluding tert-OH is 1. The Labute approximate surface area is 120 Å². The van der Waals surface area contributed by atoms with Crippen LogP contribution in [0.25, 0.3) is 0 Å². The third-order valence-corrected chi connectivity index (χ3v) is 3.07. The molecule has 2 unspecified atom stereocenters. The molecule has 0 spiro atoms. The predicted octanol–water partition coefficient (Wildman–Crippen LogP) is 3.30. The molecule has 0 heterocycles. The molecule has 0 amide bonds. The third-order valence-electron chi connectivity index (χ3n) is 2.57. The average molecular weight is 338 g/mol. The minimum absolute atomic E-state index is 0.0818. The lowest BCUT2D eigenvalue weighted by atomic mass is 10.1. The largest absolute Gasteiger partial charge is 0.434 e. The Bertz CT molecular complexity index is 402. The van der Waals surface area contributed by atoms with Crippen molar-refractivity contribution in [2.24, 2.45) is 0 Å². The molecule has 108 valence electrons. The van der Waals surface area contributed by atoms with Crippen LogP contribution in [-0.2, 0) is 6.54 Å². The van der Waals surface area contributed by atoms with Gasteiger partial charge in [-0.05, 0) is 38.5 Å². The second-order valence-corrected chi connectivity index (χ2v) is 5.41. The summed E-state index contributed by atoms with van der Waals surface area (Å²) in [6, 6.07) is 4.98. The Morgan fingerprint density at radius 2 is 2.05 bits per heavy atom. The summed E-state index contributed by atoms with van der Waals surface area (Å²) in [6.07, 6.45) is 0.195. The molecule has 0 aliphatic heterocycles. The first kappa shape index (κ1) is 16.3. The number of halogens is 3. The lowest BCUT2D eigenvalue weighted by Gasteiger charge is -2.17. The maximum absolute atomic E-state index is 12.3. The molecule has 1 aromatic carbocycles. The number of aliphatic hydroxyl groups is 1. The lowest BCUT2D eigenvalue weighted by Crippen LogP contribution is -2.29. The molecule has 0 saturated heterocycles. The molecule has 0 aromatic heterocycles. The van der Waals surface area contributed by atoms with Gasteiger partial charge in [0.1, 0.15) is 5.75 Å². The Balaban J connectivity index is 2.67. The van der Waals surface area contributed by atoms with Crippen LogP contribution in [0.2, 0.25) is 0 Å². The summed E-state index contributed by atoms with van der Waals surface area (Å²) in [5.74, 6) is 0.162. The van der Waals surface area contributed by atoms with E-state index in [9.17, 15) is 13.9 Å². The first-order valence-corrected chi connectivity index (χ1v) is 6.82. The highest BCUT2D eigenvalue weighted by Gasteiger charge is 2.12. The van der Waals surface area contributed by atoms with E-state index in [-0.39, 0.29) is 11.8 Å². The molecular formula is C13H18BrF2NO2. The molecule has 19 heavy (non-hydrogen) atoms. The molecule has 0 bridgehead atoms. The minimum Gasteiger partial charge on any atom is -0.434 e. The maximum atomic E-state index is 12.3. The Kier molecular flexibility index (Phi) is 6.68. The summed E-state index contributed by atoms with van der Waals surface area (Å²) in [6.45, 7) is 1.20. The summed E-state index contributed by atoms with van der Waals surface area (Å²) in [4.78, 5) is 0. The van der Waals surface area contributed by atoms with Crippen LogP contribution >= 0.6 is 15.9 Å². The number of alkyl halides is 2. The zero-order valence-corrected chi connectivity index (χ0v) is 12.5. The van der Waals surface area contributed by atoms with E-state index in [0.29, 0.717) is 18.5 Å².